The van der Waals surface area contributed by atoms with Crippen LogP contribution in [0.5, 0.6) is 0 Å². The van der Waals surface area contributed by atoms with Gasteiger partial charge in [0.05, 0.1) is 21.5 Å². The van der Waals surface area contributed by atoms with Crippen molar-refractivity contribution in [2.75, 3.05) is 13.1 Å². The van der Waals surface area contributed by atoms with Crippen molar-refractivity contribution in [3.63, 3.8) is 0 Å². The Labute approximate surface area is 167 Å². The molecule has 0 bridgehead atoms. The van der Waals surface area contributed by atoms with Crippen molar-refractivity contribution in [1.82, 2.24) is 19.2 Å². The second kappa shape index (κ2) is 7.35. The topological polar surface area (TPSA) is 43.1 Å². The summed E-state index contributed by atoms with van der Waals surface area (Å²) in [6.07, 6.45) is 6.22. The summed E-state index contributed by atoms with van der Waals surface area (Å²) >= 11 is 3.56. The number of halogens is 1. The number of rotatable bonds is 3. The summed E-state index contributed by atoms with van der Waals surface area (Å²) in [5.74, 6) is 0.113. The first-order valence-corrected chi connectivity index (χ1v) is 10.1. The average molecular weight is 427 g/mol. The number of aromatic nitrogens is 3. The second-order valence-electron chi connectivity index (χ2n) is 7.10. The molecule has 6 heteroatoms. The van der Waals surface area contributed by atoms with E-state index in [9.17, 15) is 4.79 Å². The lowest BCUT2D eigenvalue weighted by Crippen LogP contribution is -2.38. The van der Waals surface area contributed by atoms with Crippen molar-refractivity contribution >= 4 is 21.8 Å². The quantitative estimate of drug-likeness (QED) is 0.617. The number of amides is 1. The second-order valence-corrected chi connectivity index (χ2v) is 7.89. The minimum Gasteiger partial charge on any atom is -0.351 e. The maximum atomic E-state index is 12.9. The van der Waals surface area contributed by atoms with Gasteiger partial charge in [-0.25, -0.2) is 4.68 Å². The van der Waals surface area contributed by atoms with Crippen LogP contribution in [0.3, 0.4) is 0 Å². The molecule has 1 aromatic carbocycles. The minimum absolute atomic E-state index is 0.113. The predicted octanol–water partition coefficient (Wildman–Crippen LogP) is 4.53. The Bertz CT molecular complexity index is 935. The Morgan fingerprint density at radius 2 is 1.70 bits per heavy atom. The molecule has 1 saturated heterocycles. The van der Waals surface area contributed by atoms with Crippen molar-refractivity contribution in [3.8, 4) is 5.69 Å². The van der Waals surface area contributed by atoms with E-state index >= 15 is 0 Å². The molecule has 0 atom stereocenters. The average Bonchev–Trinajstić information content (AvgIpc) is 3.33. The first kappa shape index (κ1) is 18.0. The molecule has 1 aliphatic rings. The Morgan fingerprint density at radius 1 is 1.07 bits per heavy atom. The molecule has 140 valence electrons. The third kappa shape index (κ3) is 3.46. The summed E-state index contributed by atoms with van der Waals surface area (Å²) in [5.41, 5.74) is 3.71. The third-order valence-corrected chi connectivity index (χ3v) is 6.51. The first-order chi connectivity index (χ1) is 13.0. The van der Waals surface area contributed by atoms with Crippen molar-refractivity contribution < 1.29 is 4.79 Å². The first-order valence-electron chi connectivity index (χ1n) is 9.28. The number of carbonyl (C=O) groups is 1. The fourth-order valence-electron chi connectivity index (χ4n) is 3.76. The lowest BCUT2D eigenvalue weighted by Gasteiger charge is -2.32. The zero-order valence-corrected chi connectivity index (χ0v) is 17.2. The van der Waals surface area contributed by atoms with Gasteiger partial charge in [-0.05, 0) is 79.0 Å². The number of benzene rings is 1. The van der Waals surface area contributed by atoms with Crippen LogP contribution in [0.1, 0.15) is 40.6 Å². The van der Waals surface area contributed by atoms with Gasteiger partial charge in [0.15, 0.2) is 0 Å². The van der Waals surface area contributed by atoms with Crippen molar-refractivity contribution in [1.29, 1.82) is 0 Å². The number of aryl methyl sites for hydroxylation is 1. The monoisotopic (exact) mass is 426 g/mol. The fraction of sp³-hybridized carbons (Fsp3) is 0.333. The van der Waals surface area contributed by atoms with E-state index < -0.39 is 0 Å². The van der Waals surface area contributed by atoms with Crippen LogP contribution in [0.25, 0.3) is 5.69 Å². The molecule has 3 heterocycles. The number of hydrogen-bond donors (Lipinski definition) is 0. The maximum Gasteiger partial charge on any atom is 0.253 e. The van der Waals surface area contributed by atoms with E-state index in [1.807, 2.05) is 47.7 Å². The molecule has 0 saturated carbocycles. The molecule has 0 N–H and O–H groups in total. The van der Waals surface area contributed by atoms with Crippen LogP contribution in [0.15, 0.2) is 53.3 Å². The summed E-state index contributed by atoms with van der Waals surface area (Å²) in [4.78, 5) is 14.8. The molecule has 1 aliphatic heterocycles. The van der Waals surface area contributed by atoms with Gasteiger partial charge in [0.1, 0.15) is 0 Å². The van der Waals surface area contributed by atoms with Gasteiger partial charge in [-0.2, -0.15) is 5.10 Å². The lowest BCUT2D eigenvalue weighted by molar-refractivity contribution is 0.0694. The smallest absolute Gasteiger partial charge is 0.253 e. The Balaban J connectivity index is 1.45. The molecular weight excluding hydrogens is 404 g/mol. The van der Waals surface area contributed by atoms with Crippen LogP contribution in [0.2, 0.25) is 0 Å². The van der Waals surface area contributed by atoms with Gasteiger partial charge in [0.2, 0.25) is 0 Å². The molecule has 27 heavy (non-hydrogen) atoms. The summed E-state index contributed by atoms with van der Waals surface area (Å²) in [5, 5.41) is 4.55. The molecule has 0 spiro atoms. The number of piperidine rings is 1. The number of carbonyl (C=O) groups excluding carboxylic acids is 1. The Kier molecular flexibility index (Phi) is 4.91. The van der Waals surface area contributed by atoms with Crippen molar-refractivity contribution in [2.45, 2.75) is 32.7 Å². The number of hydrogen-bond acceptors (Lipinski definition) is 2. The molecule has 0 radical (unpaired) electrons. The summed E-state index contributed by atoms with van der Waals surface area (Å²) in [7, 11) is 0. The van der Waals surface area contributed by atoms with Crippen LogP contribution >= 0.6 is 15.9 Å². The van der Waals surface area contributed by atoms with Crippen molar-refractivity contribution in [3.05, 3.63) is 70.2 Å². The molecule has 2 aromatic heterocycles. The Morgan fingerprint density at radius 3 is 2.26 bits per heavy atom. The molecular formula is C21H23BrN4O. The van der Waals surface area contributed by atoms with Gasteiger partial charge in [-0.3, -0.25) is 4.79 Å². The van der Waals surface area contributed by atoms with E-state index in [0.717, 1.165) is 53.0 Å². The van der Waals surface area contributed by atoms with Gasteiger partial charge >= 0.3 is 0 Å². The largest absolute Gasteiger partial charge is 0.351 e. The fourth-order valence-corrected chi connectivity index (χ4v) is 4.01. The Hall–Kier alpha value is -2.34. The van der Waals surface area contributed by atoms with Gasteiger partial charge in [-0.15, -0.1) is 0 Å². The minimum atomic E-state index is 0.113. The molecule has 5 nitrogen and oxygen atoms in total. The maximum absolute atomic E-state index is 12.9. The molecule has 3 aromatic rings. The zero-order valence-electron chi connectivity index (χ0n) is 15.6. The molecule has 0 aliphatic carbocycles. The van der Waals surface area contributed by atoms with E-state index in [2.05, 4.69) is 50.1 Å². The van der Waals surface area contributed by atoms with Crippen LogP contribution in [-0.4, -0.2) is 38.2 Å². The zero-order chi connectivity index (χ0) is 19.0. The summed E-state index contributed by atoms with van der Waals surface area (Å²) < 4.78 is 5.17. The van der Waals surface area contributed by atoms with E-state index in [1.165, 1.54) is 0 Å². The third-order valence-electron chi connectivity index (χ3n) is 5.36. The van der Waals surface area contributed by atoms with Gasteiger partial charge in [0.25, 0.3) is 5.91 Å². The number of likely N-dealkylation sites (tertiary alicyclic amines) is 1. The molecule has 0 unspecified atom stereocenters. The summed E-state index contributed by atoms with van der Waals surface area (Å²) in [6.45, 7) is 5.60. The standard InChI is InChI=1S/C21H23BrN4O/c1-15-20(22)16(2)26(23-15)19-7-5-17(6-8-19)21(27)25-13-9-18(10-14-25)24-11-3-4-12-24/h3-8,11-12,18H,9-10,13-14H2,1-2H3. The number of nitrogens with zero attached hydrogens (tertiary/aromatic N) is 4. The van der Waals surface area contributed by atoms with Crippen LogP contribution in [0.4, 0.5) is 0 Å². The highest BCUT2D eigenvalue weighted by atomic mass is 79.9. The summed E-state index contributed by atoms with van der Waals surface area (Å²) in [6, 6.07) is 12.3. The SMILES string of the molecule is Cc1nn(-c2ccc(C(=O)N3CCC(n4cccc4)CC3)cc2)c(C)c1Br. The molecule has 1 fully saturated rings. The van der Waals surface area contributed by atoms with Crippen LogP contribution in [-0.2, 0) is 0 Å². The lowest BCUT2D eigenvalue weighted by atomic mass is 10.0. The normalized spacial score (nSPS) is 15.3. The van der Waals surface area contributed by atoms with Crippen LogP contribution in [0, 0.1) is 13.8 Å². The van der Waals surface area contributed by atoms with E-state index in [4.69, 9.17) is 0 Å². The highest BCUT2D eigenvalue weighted by molar-refractivity contribution is 9.10. The molecule has 4 rings (SSSR count). The van der Waals surface area contributed by atoms with Crippen LogP contribution < -0.4 is 0 Å². The predicted molar refractivity (Wildman–Crippen MR) is 109 cm³/mol. The van der Waals surface area contributed by atoms with E-state index in [0.29, 0.717) is 6.04 Å². The van der Waals surface area contributed by atoms with Crippen molar-refractivity contribution in [2.24, 2.45) is 0 Å². The van der Waals surface area contributed by atoms with E-state index in [1.54, 1.807) is 0 Å². The van der Waals surface area contributed by atoms with Gasteiger partial charge in [0, 0.05) is 37.1 Å². The van der Waals surface area contributed by atoms with E-state index in [-0.39, 0.29) is 5.91 Å². The highest BCUT2D eigenvalue weighted by Gasteiger charge is 2.24. The van der Waals surface area contributed by atoms with Gasteiger partial charge in [-0.1, -0.05) is 0 Å². The highest BCUT2D eigenvalue weighted by Crippen LogP contribution is 2.25. The molecule has 1 amide bonds. The van der Waals surface area contributed by atoms with Gasteiger partial charge < -0.3 is 9.47 Å².